The lowest BCUT2D eigenvalue weighted by Crippen LogP contribution is -2.53. The third-order valence-electron chi connectivity index (χ3n) is 6.17. The number of aliphatic hydroxyl groups is 2. The van der Waals surface area contributed by atoms with Crippen molar-refractivity contribution in [3.8, 4) is 23.8 Å². The maximum absolute atomic E-state index is 11.5. The Morgan fingerprint density at radius 1 is 1.26 bits per heavy atom. The van der Waals surface area contributed by atoms with E-state index in [1.807, 2.05) is 6.92 Å². The van der Waals surface area contributed by atoms with Gasteiger partial charge in [0.05, 0.1) is 6.10 Å². The summed E-state index contributed by atoms with van der Waals surface area (Å²) in [5, 5.41) is 22.4. The van der Waals surface area contributed by atoms with Crippen molar-refractivity contribution in [1.82, 2.24) is 0 Å². The molecule has 0 bridgehead atoms. The van der Waals surface area contributed by atoms with E-state index in [-0.39, 0.29) is 23.2 Å². The maximum Gasteiger partial charge on any atom is 0.133 e. The molecule has 0 saturated heterocycles. The highest BCUT2D eigenvalue weighted by Crippen LogP contribution is 2.70. The van der Waals surface area contributed by atoms with Crippen LogP contribution in [0.2, 0.25) is 19.6 Å². The highest BCUT2D eigenvalue weighted by molar-refractivity contribution is 6.83. The van der Waals surface area contributed by atoms with E-state index in [2.05, 4.69) is 57.8 Å². The number of hydrogen-bond acceptors (Lipinski definition) is 2. The van der Waals surface area contributed by atoms with Gasteiger partial charge in [-0.15, -0.1) is 17.9 Å². The van der Waals surface area contributed by atoms with E-state index in [9.17, 15) is 10.2 Å². The fourth-order valence-electron chi connectivity index (χ4n) is 4.49. The molecule has 2 aliphatic rings. The van der Waals surface area contributed by atoms with Gasteiger partial charge >= 0.3 is 0 Å². The van der Waals surface area contributed by atoms with Gasteiger partial charge in [0, 0.05) is 11.8 Å². The summed E-state index contributed by atoms with van der Waals surface area (Å²) in [7, 11) is -1.60. The van der Waals surface area contributed by atoms with Crippen molar-refractivity contribution in [2.45, 2.75) is 65.5 Å². The summed E-state index contributed by atoms with van der Waals surface area (Å²) in [6, 6.07) is 0. The van der Waals surface area contributed by atoms with Gasteiger partial charge in [-0.2, -0.15) is 0 Å². The van der Waals surface area contributed by atoms with E-state index in [0.29, 0.717) is 11.8 Å². The molecule has 0 aromatic heterocycles. The lowest BCUT2D eigenvalue weighted by atomic mass is 9.65. The van der Waals surface area contributed by atoms with Crippen LogP contribution in [0.1, 0.15) is 34.1 Å². The molecule has 7 atom stereocenters. The Bertz CT molecular complexity index is 571. The van der Waals surface area contributed by atoms with E-state index >= 15 is 0 Å². The molecule has 3 heteroatoms. The van der Waals surface area contributed by atoms with Gasteiger partial charge in [0.2, 0.25) is 0 Å². The Kier molecular flexibility index (Phi) is 4.58. The predicted molar refractivity (Wildman–Crippen MR) is 98.1 cm³/mol. The van der Waals surface area contributed by atoms with Crippen molar-refractivity contribution in [1.29, 1.82) is 0 Å². The Balaban J connectivity index is 2.48. The van der Waals surface area contributed by atoms with Gasteiger partial charge in [-0.1, -0.05) is 46.3 Å². The Hall–Kier alpha value is -0.743. The zero-order valence-electron chi connectivity index (χ0n) is 15.6. The Morgan fingerprint density at radius 3 is 2.30 bits per heavy atom. The third kappa shape index (κ3) is 3.12. The smallest absolute Gasteiger partial charge is 0.133 e. The van der Waals surface area contributed by atoms with Crippen molar-refractivity contribution in [2.75, 3.05) is 0 Å². The first-order chi connectivity index (χ1) is 10.4. The van der Waals surface area contributed by atoms with Crippen LogP contribution >= 0.6 is 0 Å². The van der Waals surface area contributed by atoms with Crippen molar-refractivity contribution < 1.29 is 10.2 Å². The first-order valence-electron chi connectivity index (χ1n) is 8.77. The van der Waals surface area contributed by atoms with Crippen LogP contribution < -0.4 is 0 Å². The Labute approximate surface area is 143 Å². The highest BCUT2D eigenvalue weighted by atomic mass is 28.3. The molecule has 0 radical (unpaired) electrons. The molecule has 0 aromatic carbocycles. The molecule has 23 heavy (non-hydrogen) atoms. The summed E-state index contributed by atoms with van der Waals surface area (Å²) in [6.07, 6.45) is 5.82. The lowest BCUT2D eigenvalue weighted by molar-refractivity contribution is -0.103. The summed E-state index contributed by atoms with van der Waals surface area (Å²) in [4.78, 5) is 0. The quantitative estimate of drug-likeness (QED) is 0.602. The van der Waals surface area contributed by atoms with Crippen LogP contribution in [0.15, 0.2) is 0 Å². The topological polar surface area (TPSA) is 40.5 Å². The molecular formula is C20H32O2Si. The summed E-state index contributed by atoms with van der Waals surface area (Å²) in [5.74, 6) is 6.25. The molecule has 2 rings (SSSR count). The molecule has 128 valence electrons. The number of aliphatic hydroxyl groups excluding tert-OH is 1. The van der Waals surface area contributed by atoms with Crippen LogP contribution in [-0.4, -0.2) is 30.0 Å². The van der Waals surface area contributed by atoms with E-state index < -0.39 is 19.8 Å². The van der Waals surface area contributed by atoms with Crippen LogP contribution in [0.3, 0.4) is 0 Å². The number of rotatable bonds is 2. The monoisotopic (exact) mass is 332 g/mol. The molecule has 2 saturated carbocycles. The second-order valence-electron chi connectivity index (χ2n) is 9.39. The predicted octanol–water partition coefficient (Wildman–Crippen LogP) is 3.16. The standard InChI is InChI=1S/C20H32O2Si/c1-9-13(2)18(21)17-16-15(19(16,4)5)12-14(3)20(17,22)10-11-23(6,7)8/h1,13-18,21-22H,12H2,2-8H3/t13-,14-,15-,16+,17-,18-,20-/m1/s1. The van der Waals surface area contributed by atoms with Crippen molar-refractivity contribution in [3.63, 3.8) is 0 Å². The van der Waals surface area contributed by atoms with Crippen molar-refractivity contribution in [2.24, 2.45) is 35.0 Å². The molecule has 0 amide bonds. The van der Waals surface area contributed by atoms with Gasteiger partial charge in [0.25, 0.3) is 0 Å². The first kappa shape index (κ1) is 18.6. The minimum atomic E-state index is -1.60. The second-order valence-corrected chi connectivity index (χ2v) is 14.1. The average Bonchev–Trinajstić information content (AvgIpc) is 2.96. The summed E-state index contributed by atoms with van der Waals surface area (Å²) < 4.78 is 0. The average molecular weight is 333 g/mol. The van der Waals surface area contributed by atoms with Gasteiger partial charge in [0.15, 0.2) is 0 Å². The summed E-state index contributed by atoms with van der Waals surface area (Å²) in [6.45, 7) is 15.0. The van der Waals surface area contributed by atoms with Gasteiger partial charge in [-0.05, 0) is 36.5 Å². The SMILES string of the molecule is C#C[C@@H](C)[C@@H](O)[C@H]1[C@@H]2[C@@H](C[C@@H](C)[C@]1(O)C#C[Si](C)(C)C)C2(C)C. The van der Waals surface area contributed by atoms with Crippen LogP contribution in [0.4, 0.5) is 0 Å². The lowest BCUT2D eigenvalue weighted by Gasteiger charge is -2.44. The van der Waals surface area contributed by atoms with Crippen LogP contribution in [0.25, 0.3) is 0 Å². The maximum atomic E-state index is 11.5. The van der Waals surface area contributed by atoms with Gasteiger partial charge < -0.3 is 10.2 Å². The van der Waals surface area contributed by atoms with E-state index in [4.69, 9.17) is 6.42 Å². The van der Waals surface area contributed by atoms with E-state index in [1.165, 1.54) is 0 Å². The van der Waals surface area contributed by atoms with Crippen molar-refractivity contribution >= 4 is 8.07 Å². The Morgan fingerprint density at radius 2 is 1.83 bits per heavy atom. The molecule has 2 fully saturated rings. The van der Waals surface area contributed by atoms with Crippen LogP contribution in [-0.2, 0) is 0 Å². The molecule has 2 nitrogen and oxygen atoms in total. The second kappa shape index (κ2) is 5.66. The van der Waals surface area contributed by atoms with Gasteiger partial charge in [-0.3, -0.25) is 0 Å². The van der Waals surface area contributed by atoms with Crippen LogP contribution in [0.5, 0.6) is 0 Å². The van der Waals surface area contributed by atoms with Crippen molar-refractivity contribution in [3.05, 3.63) is 0 Å². The number of hydrogen-bond donors (Lipinski definition) is 2. The molecule has 0 aromatic rings. The van der Waals surface area contributed by atoms with E-state index in [1.54, 1.807) is 0 Å². The number of fused-ring (bicyclic) bond motifs is 1. The fourth-order valence-corrected chi connectivity index (χ4v) is 5.06. The molecule has 2 N–H and O–H groups in total. The molecule has 2 aliphatic carbocycles. The normalized spacial score (nSPS) is 40.9. The zero-order chi connectivity index (χ0) is 17.8. The minimum absolute atomic E-state index is 0.0546. The summed E-state index contributed by atoms with van der Waals surface area (Å²) in [5.41, 5.74) is 2.36. The number of terminal acetylenes is 1. The highest BCUT2D eigenvalue weighted by Gasteiger charge is 2.70. The molecule has 0 spiro atoms. The third-order valence-corrected chi connectivity index (χ3v) is 7.05. The first-order valence-corrected chi connectivity index (χ1v) is 12.3. The molecular weight excluding hydrogens is 300 g/mol. The largest absolute Gasteiger partial charge is 0.391 e. The zero-order valence-corrected chi connectivity index (χ0v) is 16.6. The molecule has 0 heterocycles. The molecule has 0 unspecified atom stereocenters. The van der Waals surface area contributed by atoms with Crippen LogP contribution in [0, 0.1) is 58.8 Å². The fraction of sp³-hybridized carbons (Fsp3) is 0.800. The van der Waals surface area contributed by atoms with Gasteiger partial charge in [0.1, 0.15) is 13.7 Å². The van der Waals surface area contributed by atoms with E-state index in [0.717, 1.165) is 6.42 Å². The minimum Gasteiger partial charge on any atom is -0.391 e. The summed E-state index contributed by atoms with van der Waals surface area (Å²) >= 11 is 0. The molecule has 0 aliphatic heterocycles. The van der Waals surface area contributed by atoms with Gasteiger partial charge in [-0.25, -0.2) is 0 Å².